The first-order valence-corrected chi connectivity index (χ1v) is 10.0. The van der Waals surface area contributed by atoms with E-state index in [0.717, 1.165) is 42.5 Å². The lowest BCUT2D eigenvalue weighted by atomic mass is 9.95. The summed E-state index contributed by atoms with van der Waals surface area (Å²) < 4.78 is 22.5. The van der Waals surface area contributed by atoms with Gasteiger partial charge in [0, 0.05) is 12.2 Å². The van der Waals surface area contributed by atoms with Crippen molar-refractivity contribution in [3.8, 4) is 0 Å². The van der Waals surface area contributed by atoms with Gasteiger partial charge in [0.15, 0.2) is 0 Å². The van der Waals surface area contributed by atoms with Crippen LogP contribution in [0.5, 0.6) is 0 Å². The van der Waals surface area contributed by atoms with Crippen LogP contribution in [0.2, 0.25) is 0 Å². The number of aryl methyl sites for hydroxylation is 2. The number of pyridine rings is 1. The van der Waals surface area contributed by atoms with Crippen LogP contribution in [0.3, 0.4) is 0 Å². The number of sulfonamides is 1. The summed E-state index contributed by atoms with van der Waals surface area (Å²) in [6.07, 6.45) is 4.36. The molecule has 1 amide bonds. The van der Waals surface area contributed by atoms with Gasteiger partial charge in [-0.3, -0.25) is 9.59 Å². The Labute approximate surface area is 151 Å². The van der Waals surface area contributed by atoms with Crippen LogP contribution in [0, 0.1) is 0 Å². The fourth-order valence-corrected chi connectivity index (χ4v) is 3.62. The number of carbonyl (C=O) groups excluding carboxylic acids is 1. The highest BCUT2D eigenvalue weighted by Gasteiger charge is 2.16. The van der Waals surface area contributed by atoms with Gasteiger partial charge in [-0.1, -0.05) is 12.1 Å². The second kappa shape index (κ2) is 7.43. The maximum Gasteiger partial charge on any atom is 0.261 e. The van der Waals surface area contributed by atoms with E-state index in [4.69, 9.17) is 5.14 Å². The first-order chi connectivity index (χ1) is 12.3. The number of primary sulfonamides is 1. The number of benzene rings is 1. The van der Waals surface area contributed by atoms with Gasteiger partial charge >= 0.3 is 0 Å². The Morgan fingerprint density at radius 1 is 1.15 bits per heavy atom. The highest BCUT2D eigenvalue weighted by atomic mass is 32.2. The summed E-state index contributed by atoms with van der Waals surface area (Å²) in [5.74, 6) is -0.402. The third-order valence-corrected chi connectivity index (χ3v) is 5.46. The van der Waals surface area contributed by atoms with E-state index in [9.17, 15) is 18.0 Å². The van der Waals surface area contributed by atoms with Crippen molar-refractivity contribution in [3.63, 3.8) is 0 Å². The molecule has 0 spiro atoms. The van der Waals surface area contributed by atoms with Crippen LogP contribution in [-0.2, 0) is 29.3 Å². The van der Waals surface area contributed by atoms with Gasteiger partial charge in [0.1, 0.15) is 5.56 Å². The average molecular weight is 375 g/mol. The van der Waals surface area contributed by atoms with Gasteiger partial charge in [0.2, 0.25) is 10.0 Å². The maximum absolute atomic E-state index is 12.3. The monoisotopic (exact) mass is 375 g/mol. The normalized spacial score (nSPS) is 13.9. The summed E-state index contributed by atoms with van der Waals surface area (Å²) in [5.41, 5.74) is 2.61. The standard InChI is InChI=1S/C18H21N3O4S/c19-26(24,25)14-7-5-12(6-8-14)9-10-20-17(22)15-11-13-3-1-2-4-16(13)21-18(15)23/h5-8,11H,1-4,9-10H2,(H,20,22)(H,21,23)(H2,19,24,25). The van der Waals surface area contributed by atoms with E-state index in [-0.39, 0.29) is 16.0 Å². The van der Waals surface area contributed by atoms with Gasteiger partial charge in [0.25, 0.3) is 11.5 Å². The number of aromatic amines is 1. The molecule has 0 saturated carbocycles. The van der Waals surface area contributed by atoms with E-state index >= 15 is 0 Å². The fraction of sp³-hybridized carbons (Fsp3) is 0.333. The molecule has 1 heterocycles. The number of hydrogen-bond acceptors (Lipinski definition) is 4. The van der Waals surface area contributed by atoms with Gasteiger partial charge in [-0.25, -0.2) is 13.6 Å². The summed E-state index contributed by atoms with van der Waals surface area (Å²) >= 11 is 0. The summed E-state index contributed by atoms with van der Waals surface area (Å²) in [4.78, 5) is 27.3. The Balaban J connectivity index is 1.62. The first-order valence-electron chi connectivity index (χ1n) is 8.49. The molecule has 26 heavy (non-hydrogen) atoms. The third-order valence-electron chi connectivity index (χ3n) is 4.53. The van der Waals surface area contributed by atoms with Crippen molar-refractivity contribution in [1.29, 1.82) is 0 Å². The minimum atomic E-state index is -3.71. The number of carbonyl (C=O) groups is 1. The Hall–Kier alpha value is -2.45. The molecule has 1 aliphatic rings. The van der Waals surface area contributed by atoms with E-state index in [1.54, 1.807) is 18.2 Å². The van der Waals surface area contributed by atoms with Crippen LogP contribution in [0.1, 0.15) is 40.0 Å². The van der Waals surface area contributed by atoms with Crippen LogP contribution in [-0.4, -0.2) is 25.9 Å². The zero-order valence-electron chi connectivity index (χ0n) is 14.2. The quantitative estimate of drug-likeness (QED) is 0.718. The molecule has 8 heteroatoms. The molecule has 0 bridgehead atoms. The minimum absolute atomic E-state index is 0.0471. The minimum Gasteiger partial charge on any atom is -0.352 e. The molecule has 0 aliphatic heterocycles. The molecule has 1 aromatic heterocycles. The second-order valence-corrected chi connectivity index (χ2v) is 7.98. The largest absolute Gasteiger partial charge is 0.352 e. The van der Waals surface area contributed by atoms with E-state index in [2.05, 4.69) is 10.3 Å². The van der Waals surface area contributed by atoms with Crippen molar-refractivity contribution in [2.75, 3.05) is 6.54 Å². The lowest BCUT2D eigenvalue weighted by molar-refractivity contribution is 0.0952. The molecule has 7 nitrogen and oxygen atoms in total. The van der Waals surface area contributed by atoms with E-state index in [1.807, 2.05) is 0 Å². The Bertz CT molecular complexity index is 978. The zero-order valence-corrected chi connectivity index (χ0v) is 15.1. The molecule has 0 unspecified atom stereocenters. The topological polar surface area (TPSA) is 122 Å². The van der Waals surface area contributed by atoms with E-state index < -0.39 is 15.9 Å². The second-order valence-electron chi connectivity index (χ2n) is 6.42. The van der Waals surface area contributed by atoms with Gasteiger partial charge in [-0.2, -0.15) is 0 Å². The number of amides is 1. The van der Waals surface area contributed by atoms with E-state index in [0.29, 0.717) is 13.0 Å². The van der Waals surface area contributed by atoms with Crippen molar-refractivity contribution < 1.29 is 13.2 Å². The smallest absolute Gasteiger partial charge is 0.261 e. The average Bonchev–Trinajstić information content (AvgIpc) is 2.60. The molecule has 3 rings (SSSR count). The van der Waals surface area contributed by atoms with Gasteiger partial charge in [0.05, 0.1) is 4.90 Å². The summed E-state index contributed by atoms with van der Waals surface area (Å²) in [5, 5.41) is 7.79. The molecule has 0 fully saturated rings. The molecule has 0 atom stereocenters. The van der Waals surface area contributed by atoms with Crippen molar-refractivity contribution in [3.05, 3.63) is 63.1 Å². The molecule has 2 aromatic rings. The van der Waals surface area contributed by atoms with Crippen LogP contribution in [0.4, 0.5) is 0 Å². The van der Waals surface area contributed by atoms with Crippen molar-refractivity contribution in [2.24, 2.45) is 5.14 Å². The first kappa shape index (κ1) is 18.3. The summed E-state index contributed by atoms with van der Waals surface area (Å²) in [6, 6.07) is 7.86. The molecule has 0 saturated heterocycles. The number of nitrogens with two attached hydrogens (primary N) is 1. The number of nitrogens with one attached hydrogen (secondary N) is 2. The summed E-state index contributed by atoms with van der Waals surface area (Å²) in [6.45, 7) is 0.337. The Morgan fingerprint density at radius 3 is 2.54 bits per heavy atom. The maximum atomic E-state index is 12.3. The van der Waals surface area contributed by atoms with E-state index in [1.165, 1.54) is 12.1 Å². The number of H-pyrrole nitrogens is 1. The summed E-state index contributed by atoms with van der Waals surface area (Å²) in [7, 11) is -3.71. The Morgan fingerprint density at radius 2 is 1.85 bits per heavy atom. The number of hydrogen-bond donors (Lipinski definition) is 3. The SMILES string of the molecule is NS(=O)(=O)c1ccc(CCNC(=O)c2cc3c([nH]c2=O)CCCC3)cc1. The molecular weight excluding hydrogens is 354 g/mol. The number of aromatic nitrogens is 1. The van der Waals surface area contributed by atoms with Crippen LogP contribution in [0.15, 0.2) is 40.0 Å². The zero-order chi connectivity index (χ0) is 18.7. The molecule has 4 N–H and O–H groups in total. The highest BCUT2D eigenvalue weighted by Crippen LogP contribution is 2.18. The molecular formula is C18H21N3O4S. The van der Waals surface area contributed by atoms with Crippen molar-refractivity contribution >= 4 is 15.9 Å². The van der Waals surface area contributed by atoms with Gasteiger partial charge in [-0.05, 0) is 61.4 Å². The lowest BCUT2D eigenvalue weighted by Crippen LogP contribution is -2.32. The number of fused-ring (bicyclic) bond motifs is 1. The van der Waals surface area contributed by atoms with Crippen molar-refractivity contribution in [1.82, 2.24) is 10.3 Å². The number of rotatable bonds is 5. The predicted octanol–water partition coefficient (Wildman–Crippen LogP) is 0.874. The third kappa shape index (κ3) is 4.20. The predicted molar refractivity (Wildman–Crippen MR) is 97.6 cm³/mol. The molecule has 138 valence electrons. The van der Waals surface area contributed by atoms with Crippen molar-refractivity contribution in [2.45, 2.75) is 37.0 Å². The molecule has 0 radical (unpaired) electrons. The fourth-order valence-electron chi connectivity index (χ4n) is 3.10. The van der Waals surface area contributed by atoms with Gasteiger partial charge in [-0.15, -0.1) is 0 Å². The van der Waals surface area contributed by atoms with Gasteiger partial charge < -0.3 is 10.3 Å². The lowest BCUT2D eigenvalue weighted by Gasteiger charge is -2.15. The van der Waals surface area contributed by atoms with Crippen LogP contribution < -0.4 is 16.0 Å². The molecule has 1 aromatic carbocycles. The Kier molecular flexibility index (Phi) is 5.24. The highest BCUT2D eigenvalue weighted by molar-refractivity contribution is 7.89. The van der Waals surface area contributed by atoms with Crippen LogP contribution >= 0.6 is 0 Å². The van der Waals surface area contributed by atoms with Crippen LogP contribution in [0.25, 0.3) is 0 Å². The molecule has 1 aliphatic carbocycles.